The van der Waals surface area contributed by atoms with Gasteiger partial charge in [0, 0.05) is 25.5 Å². The Labute approximate surface area is 190 Å². The van der Waals surface area contributed by atoms with Gasteiger partial charge in [0.25, 0.3) is 17.4 Å². The molecule has 3 heterocycles. The lowest BCUT2D eigenvalue weighted by Gasteiger charge is -2.27. The summed E-state index contributed by atoms with van der Waals surface area (Å²) in [7, 11) is 0. The van der Waals surface area contributed by atoms with E-state index < -0.39 is 6.04 Å². The normalized spacial score (nSPS) is 14.2. The molecule has 0 unspecified atom stereocenters. The van der Waals surface area contributed by atoms with Gasteiger partial charge in [0.1, 0.15) is 5.82 Å². The van der Waals surface area contributed by atoms with Crippen molar-refractivity contribution in [1.82, 2.24) is 24.0 Å². The van der Waals surface area contributed by atoms with Crippen LogP contribution in [-0.4, -0.2) is 35.8 Å². The van der Waals surface area contributed by atoms with Crippen LogP contribution in [0.15, 0.2) is 72.0 Å². The van der Waals surface area contributed by atoms with Gasteiger partial charge in [-0.05, 0) is 37.1 Å². The predicted octanol–water partition coefficient (Wildman–Crippen LogP) is 3.43. The molecule has 5 rings (SSSR count). The van der Waals surface area contributed by atoms with Crippen LogP contribution in [0, 0.1) is 0 Å². The highest BCUT2D eigenvalue weighted by atomic mass is 16.2. The van der Waals surface area contributed by atoms with Crippen LogP contribution in [-0.2, 0) is 13.1 Å². The topological polar surface area (TPSA) is 90.1 Å². The molecule has 2 amide bonds. The smallest absolute Gasteiger partial charge is 0.262 e. The minimum atomic E-state index is -0.650. The number of hydrogen-bond acceptors (Lipinski definition) is 5. The van der Waals surface area contributed by atoms with E-state index in [2.05, 4.69) is 4.98 Å². The Morgan fingerprint density at radius 3 is 2.27 bits per heavy atom. The summed E-state index contributed by atoms with van der Waals surface area (Å²) in [6.45, 7) is 2.98. The molecule has 166 valence electrons. The number of aromatic nitrogens is 4. The number of imide groups is 1. The third-order valence-corrected chi connectivity index (χ3v) is 6.07. The zero-order valence-electron chi connectivity index (χ0n) is 18.2. The monoisotopic (exact) mass is 441 g/mol. The summed E-state index contributed by atoms with van der Waals surface area (Å²) in [6.07, 6.45) is 6.43. The van der Waals surface area contributed by atoms with Gasteiger partial charge in [0.15, 0.2) is 0 Å². The second kappa shape index (κ2) is 8.46. The molecule has 1 atom stereocenters. The maximum atomic E-state index is 13.5. The van der Waals surface area contributed by atoms with Crippen LogP contribution in [0.4, 0.5) is 0 Å². The predicted molar refractivity (Wildman–Crippen MR) is 123 cm³/mol. The molecule has 0 saturated heterocycles. The van der Waals surface area contributed by atoms with Crippen molar-refractivity contribution in [2.24, 2.45) is 0 Å². The molecule has 2 aromatic heterocycles. The molecule has 0 aliphatic carbocycles. The largest absolute Gasteiger partial charge is 0.337 e. The minimum absolute atomic E-state index is 0.170. The second-order valence-corrected chi connectivity index (χ2v) is 8.05. The van der Waals surface area contributed by atoms with Gasteiger partial charge in [-0.1, -0.05) is 31.2 Å². The Hall–Kier alpha value is -4.07. The van der Waals surface area contributed by atoms with Crippen LogP contribution in [0.2, 0.25) is 0 Å². The molecule has 2 aromatic carbocycles. The van der Waals surface area contributed by atoms with Crippen molar-refractivity contribution in [3.63, 3.8) is 0 Å². The summed E-state index contributed by atoms with van der Waals surface area (Å²) >= 11 is 0. The Morgan fingerprint density at radius 2 is 1.61 bits per heavy atom. The Kier molecular flexibility index (Phi) is 5.34. The Balaban J connectivity index is 1.58. The fraction of sp³-hybridized carbons (Fsp3) is 0.240. The number of fused-ring (bicyclic) bond motifs is 2. The van der Waals surface area contributed by atoms with Gasteiger partial charge in [-0.2, -0.15) is 0 Å². The lowest BCUT2D eigenvalue weighted by atomic mass is 10.1. The molecular weight excluding hydrogens is 418 g/mol. The number of amides is 2. The quantitative estimate of drug-likeness (QED) is 0.410. The highest BCUT2D eigenvalue weighted by Gasteiger charge is 2.41. The van der Waals surface area contributed by atoms with Gasteiger partial charge in [-0.3, -0.25) is 23.9 Å². The number of para-hydroxylation sites is 1. The van der Waals surface area contributed by atoms with Crippen molar-refractivity contribution >= 4 is 22.7 Å². The summed E-state index contributed by atoms with van der Waals surface area (Å²) in [4.78, 5) is 50.0. The molecule has 8 nitrogen and oxygen atoms in total. The number of aryl methyl sites for hydroxylation is 1. The molecule has 4 aromatic rings. The second-order valence-electron chi connectivity index (χ2n) is 8.05. The third kappa shape index (κ3) is 3.53. The molecule has 0 spiro atoms. The van der Waals surface area contributed by atoms with Crippen LogP contribution in [0.25, 0.3) is 10.9 Å². The van der Waals surface area contributed by atoms with E-state index in [1.807, 2.05) is 29.8 Å². The minimum Gasteiger partial charge on any atom is -0.337 e. The lowest BCUT2D eigenvalue weighted by molar-refractivity contribution is 0.0566. The molecule has 0 saturated carbocycles. The first-order valence-electron chi connectivity index (χ1n) is 11.0. The van der Waals surface area contributed by atoms with E-state index >= 15 is 0 Å². The first-order valence-corrected chi connectivity index (χ1v) is 11.0. The molecule has 33 heavy (non-hydrogen) atoms. The molecule has 0 fully saturated rings. The van der Waals surface area contributed by atoms with Crippen LogP contribution in [0.3, 0.4) is 0 Å². The van der Waals surface area contributed by atoms with Gasteiger partial charge in [0.2, 0.25) is 0 Å². The third-order valence-electron chi connectivity index (χ3n) is 6.07. The standard InChI is InChI=1S/C25H23N5O3/c1-2-21(30-24(32)17-8-3-4-9-18(17)25(30)33)22-27-20-11-6-5-10-19(20)23(31)29(22)14-7-13-28-15-12-26-16-28/h3-6,8-12,15-16,21H,2,7,13-14H2,1H3/t21-/m1/s1. The van der Waals surface area contributed by atoms with E-state index in [0.717, 1.165) is 0 Å². The first-order chi connectivity index (χ1) is 16.1. The summed E-state index contributed by atoms with van der Waals surface area (Å²) in [5.41, 5.74) is 1.15. The van der Waals surface area contributed by atoms with Crippen molar-refractivity contribution in [2.45, 2.75) is 38.9 Å². The van der Waals surface area contributed by atoms with Crippen LogP contribution in [0.5, 0.6) is 0 Å². The van der Waals surface area contributed by atoms with E-state index in [0.29, 0.717) is 53.8 Å². The zero-order valence-corrected chi connectivity index (χ0v) is 18.2. The average Bonchev–Trinajstić information content (AvgIpc) is 3.44. The van der Waals surface area contributed by atoms with Gasteiger partial charge in [-0.25, -0.2) is 9.97 Å². The molecule has 0 radical (unpaired) electrons. The van der Waals surface area contributed by atoms with Crippen molar-refractivity contribution in [1.29, 1.82) is 0 Å². The summed E-state index contributed by atoms with van der Waals surface area (Å²) in [6, 6.07) is 13.3. The SMILES string of the molecule is CC[C@H](c1nc2ccccc2c(=O)n1CCCn1ccnc1)N1C(=O)c2ccccc2C1=O. The van der Waals surface area contributed by atoms with Gasteiger partial charge >= 0.3 is 0 Å². The average molecular weight is 441 g/mol. The molecule has 1 aliphatic rings. The molecule has 8 heteroatoms. The first kappa shape index (κ1) is 20.8. The highest BCUT2D eigenvalue weighted by molar-refractivity contribution is 6.21. The maximum Gasteiger partial charge on any atom is 0.262 e. The maximum absolute atomic E-state index is 13.5. The number of carbonyl (C=O) groups is 2. The van der Waals surface area contributed by atoms with E-state index in [1.54, 1.807) is 53.5 Å². The van der Waals surface area contributed by atoms with Crippen LogP contribution < -0.4 is 5.56 Å². The number of nitrogens with zero attached hydrogens (tertiary/aromatic N) is 5. The summed E-state index contributed by atoms with van der Waals surface area (Å²) in [5.74, 6) is -0.272. The van der Waals surface area contributed by atoms with E-state index in [9.17, 15) is 14.4 Å². The number of rotatable bonds is 7. The highest BCUT2D eigenvalue weighted by Crippen LogP contribution is 2.32. The van der Waals surface area contributed by atoms with E-state index in [4.69, 9.17) is 4.98 Å². The molecule has 0 N–H and O–H groups in total. The van der Waals surface area contributed by atoms with Crippen molar-refractivity contribution in [3.8, 4) is 0 Å². The molecule has 1 aliphatic heterocycles. The number of imidazole rings is 1. The van der Waals surface area contributed by atoms with Gasteiger partial charge in [-0.15, -0.1) is 0 Å². The number of benzene rings is 2. The van der Waals surface area contributed by atoms with E-state index in [-0.39, 0.29) is 17.4 Å². The van der Waals surface area contributed by atoms with Gasteiger partial charge < -0.3 is 4.57 Å². The van der Waals surface area contributed by atoms with E-state index in [1.165, 1.54) is 4.90 Å². The Bertz CT molecular complexity index is 1370. The van der Waals surface area contributed by atoms with Crippen molar-refractivity contribution < 1.29 is 9.59 Å². The Morgan fingerprint density at radius 1 is 0.909 bits per heavy atom. The summed E-state index contributed by atoms with van der Waals surface area (Å²) in [5, 5.41) is 0.515. The van der Waals surface area contributed by atoms with Crippen molar-refractivity contribution in [3.05, 3.63) is 94.6 Å². The van der Waals surface area contributed by atoms with Crippen LogP contribution in [0.1, 0.15) is 52.3 Å². The summed E-state index contributed by atoms with van der Waals surface area (Å²) < 4.78 is 3.57. The van der Waals surface area contributed by atoms with Crippen LogP contribution >= 0.6 is 0 Å². The lowest BCUT2D eigenvalue weighted by Crippen LogP contribution is -2.38. The number of carbonyl (C=O) groups excluding carboxylic acids is 2. The molecular formula is C25H23N5O3. The zero-order chi connectivity index (χ0) is 22.9. The molecule has 0 bridgehead atoms. The fourth-order valence-electron chi connectivity index (χ4n) is 4.46. The van der Waals surface area contributed by atoms with Crippen molar-refractivity contribution in [2.75, 3.05) is 0 Å². The number of hydrogen-bond donors (Lipinski definition) is 0. The van der Waals surface area contributed by atoms with Gasteiger partial charge in [0.05, 0.1) is 34.4 Å². The fourth-order valence-corrected chi connectivity index (χ4v) is 4.46.